The van der Waals surface area contributed by atoms with Crippen molar-refractivity contribution in [2.45, 2.75) is 65.5 Å². The Bertz CT molecular complexity index is 416. The predicted molar refractivity (Wildman–Crippen MR) is 93.7 cm³/mol. The Kier molecular flexibility index (Phi) is 5.98. The molecule has 0 bridgehead atoms. The van der Waals surface area contributed by atoms with Crippen LogP contribution in [0, 0.1) is 11.3 Å². The van der Waals surface area contributed by atoms with Crippen molar-refractivity contribution in [1.82, 2.24) is 5.32 Å². The van der Waals surface area contributed by atoms with E-state index in [0.717, 1.165) is 21.3 Å². The molecule has 0 unspecified atom stereocenters. The maximum Gasteiger partial charge on any atom is 0.107 e. The molecule has 0 aromatic carbocycles. The van der Waals surface area contributed by atoms with E-state index in [9.17, 15) is 0 Å². The van der Waals surface area contributed by atoms with Crippen LogP contribution in [0.5, 0.6) is 0 Å². The molecule has 4 heteroatoms. The van der Waals surface area contributed by atoms with Gasteiger partial charge in [-0.1, -0.05) is 38.8 Å². The molecule has 1 fully saturated rings. The van der Waals surface area contributed by atoms with Crippen molar-refractivity contribution in [3.8, 4) is 0 Å². The first kappa shape index (κ1) is 16.8. The normalized spacial score (nSPS) is 24.1. The summed E-state index contributed by atoms with van der Waals surface area (Å²) < 4.78 is 1.88. The number of rotatable bonds is 5. The van der Waals surface area contributed by atoms with E-state index in [1.165, 1.54) is 37.0 Å². The molecule has 0 radical (unpaired) electrons. The molecule has 0 amide bonds. The summed E-state index contributed by atoms with van der Waals surface area (Å²) in [7, 11) is 0. The van der Waals surface area contributed by atoms with E-state index in [4.69, 9.17) is 11.6 Å². The van der Waals surface area contributed by atoms with Crippen LogP contribution in [0.25, 0.3) is 0 Å². The molecule has 1 heterocycles. The van der Waals surface area contributed by atoms with Crippen LogP contribution in [0.15, 0.2) is 10.5 Å². The van der Waals surface area contributed by atoms with E-state index in [2.05, 4.69) is 48.1 Å². The molecular weight excluding hydrogens is 354 g/mol. The molecule has 1 N–H and O–H groups in total. The van der Waals surface area contributed by atoms with Crippen molar-refractivity contribution < 1.29 is 0 Å². The van der Waals surface area contributed by atoms with Crippen molar-refractivity contribution in [1.29, 1.82) is 0 Å². The summed E-state index contributed by atoms with van der Waals surface area (Å²) >= 11 is 11.2. The van der Waals surface area contributed by atoms with Gasteiger partial charge in [0.1, 0.15) is 4.34 Å². The first-order valence-corrected chi connectivity index (χ1v) is 9.58. The maximum atomic E-state index is 6.08. The molecule has 0 spiro atoms. The van der Waals surface area contributed by atoms with Crippen LogP contribution in [-0.4, -0.2) is 6.04 Å². The highest BCUT2D eigenvalue weighted by Crippen LogP contribution is 2.40. The minimum Gasteiger partial charge on any atom is -0.309 e. The Morgan fingerprint density at radius 3 is 2.50 bits per heavy atom. The molecule has 0 atom stereocenters. The third-order valence-electron chi connectivity index (χ3n) is 5.00. The highest BCUT2D eigenvalue weighted by molar-refractivity contribution is 9.10. The molecule has 1 saturated carbocycles. The highest BCUT2D eigenvalue weighted by atomic mass is 79.9. The van der Waals surface area contributed by atoms with Crippen LogP contribution in [0.1, 0.15) is 57.8 Å². The van der Waals surface area contributed by atoms with Crippen LogP contribution in [-0.2, 0) is 6.54 Å². The molecule has 114 valence electrons. The number of nitrogens with one attached hydrogen (secondary N) is 1. The zero-order valence-electron chi connectivity index (χ0n) is 12.6. The summed E-state index contributed by atoms with van der Waals surface area (Å²) in [5, 5.41) is 3.70. The van der Waals surface area contributed by atoms with Crippen LogP contribution >= 0.6 is 38.9 Å². The van der Waals surface area contributed by atoms with Crippen molar-refractivity contribution in [2.24, 2.45) is 11.3 Å². The molecule has 1 nitrogen and oxygen atoms in total. The Balaban J connectivity index is 1.77. The maximum absolute atomic E-state index is 6.08. The molecule has 1 aromatic heterocycles. The van der Waals surface area contributed by atoms with Gasteiger partial charge in [-0.15, -0.1) is 11.3 Å². The van der Waals surface area contributed by atoms with Crippen LogP contribution < -0.4 is 5.32 Å². The lowest BCUT2D eigenvalue weighted by Gasteiger charge is -2.39. The van der Waals surface area contributed by atoms with Gasteiger partial charge in [0.2, 0.25) is 0 Å². The SMILES string of the molecule is CCC(C)(C)C1CCC(NCc2cc(Br)c(Cl)s2)CC1. The fourth-order valence-electron chi connectivity index (χ4n) is 3.09. The quantitative estimate of drug-likeness (QED) is 0.638. The summed E-state index contributed by atoms with van der Waals surface area (Å²) in [6, 6.07) is 2.81. The molecule has 1 aliphatic carbocycles. The van der Waals surface area contributed by atoms with Gasteiger partial charge in [0.05, 0.1) is 0 Å². The van der Waals surface area contributed by atoms with Crippen LogP contribution in [0.2, 0.25) is 4.34 Å². The largest absolute Gasteiger partial charge is 0.309 e. The lowest BCUT2D eigenvalue weighted by molar-refractivity contribution is 0.137. The van der Waals surface area contributed by atoms with Gasteiger partial charge >= 0.3 is 0 Å². The minimum absolute atomic E-state index is 0.511. The molecule has 20 heavy (non-hydrogen) atoms. The van der Waals surface area contributed by atoms with Gasteiger partial charge in [0.15, 0.2) is 0 Å². The van der Waals surface area contributed by atoms with E-state index >= 15 is 0 Å². The molecular formula is C16H25BrClNS. The Morgan fingerprint density at radius 1 is 1.35 bits per heavy atom. The van der Waals surface area contributed by atoms with Crippen LogP contribution in [0.3, 0.4) is 0 Å². The van der Waals surface area contributed by atoms with Crippen molar-refractivity contribution in [2.75, 3.05) is 0 Å². The van der Waals surface area contributed by atoms with Crippen molar-refractivity contribution in [3.05, 3.63) is 19.8 Å². The van der Waals surface area contributed by atoms with Crippen LogP contribution in [0.4, 0.5) is 0 Å². The Labute approximate surface area is 140 Å². The topological polar surface area (TPSA) is 12.0 Å². The highest BCUT2D eigenvalue weighted by Gasteiger charge is 2.31. The van der Waals surface area contributed by atoms with Gasteiger partial charge < -0.3 is 5.32 Å². The Hall–Kier alpha value is 0.430. The van der Waals surface area contributed by atoms with E-state index in [-0.39, 0.29) is 0 Å². The molecule has 0 aliphatic heterocycles. The minimum atomic E-state index is 0.511. The second-order valence-electron chi connectivity index (χ2n) is 6.61. The standard InChI is InChI=1S/C16H25BrClNS/c1-4-16(2,3)11-5-7-12(8-6-11)19-10-13-9-14(17)15(18)20-13/h9,11-12,19H,4-8,10H2,1-3H3. The fourth-order valence-corrected chi connectivity index (χ4v) is 4.83. The van der Waals surface area contributed by atoms with E-state index in [1.807, 2.05) is 0 Å². The number of thiophene rings is 1. The van der Waals surface area contributed by atoms with Gasteiger partial charge in [-0.2, -0.15) is 0 Å². The average molecular weight is 379 g/mol. The number of halogens is 2. The third kappa shape index (κ3) is 4.22. The van der Waals surface area contributed by atoms with Gasteiger partial charge in [0, 0.05) is 21.9 Å². The number of hydrogen-bond acceptors (Lipinski definition) is 2. The van der Waals surface area contributed by atoms with Gasteiger partial charge in [0.25, 0.3) is 0 Å². The summed E-state index contributed by atoms with van der Waals surface area (Å²) in [6.07, 6.45) is 6.65. The van der Waals surface area contributed by atoms with E-state index in [0.29, 0.717) is 11.5 Å². The summed E-state index contributed by atoms with van der Waals surface area (Å²) in [5.41, 5.74) is 0.511. The smallest absolute Gasteiger partial charge is 0.107 e. The van der Waals surface area contributed by atoms with Gasteiger partial charge in [-0.25, -0.2) is 0 Å². The Morgan fingerprint density at radius 2 is 2.00 bits per heavy atom. The second-order valence-corrected chi connectivity index (χ2v) is 9.20. The number of hydrogen-bond donors (Lipinski definition) is 1. The summed E-state index contributed by atoms with van der Waals surface area (Å²) in [4.78, 5) is 1.32. The average Bonchev–Trinajstić information content (AvgIpc) is 2.76. The van der Waals surface area contributed by atoms with Gasteiger partial charge in [-0.3, -0.25) is 0 Å². The molecule has 1 aromatic rings. The molecule has 1 aliphatic rings. The van der Waals surface area contributed by atoms with E-state index < -0.39 is 0 Å². The second kappa shape index (κ2) is 7.13. The van der Waals surface area contributed by atoms with Crippen molar-refractivity contribution in [3.63, 3.8) is 0 Å². The molecule has 0 saturated heterocycles. The summed E-state index contributed by atoms with van der Waals surface area (Å²) in [5.74, 6) is 0.899. The fraction of sp³-hybridized carbons (Fsp3) is 0.750. The zero-order valence-corrected chi connectivity index (χ0v) is 15.8. The molecule has 2 rings (SSSR count). The lowest BCUT2D eigenvalue weighted by atomic mass is 9.69. The first-order chi connectivity index (χ1) is 9.42. The third-order valence-corrected chi connectivity index (χ3v) is 7.48. The summed E-state index contributed by atoms with van der Waals surface area (Å²) in [6.45, 7) is 8.12. The van der Waals surface area contributed by atoms with E-state index in [1.54, 1.807) is 11.3 Å². The first-order valence-electron chi connectivity index (χ1n) is 7.59. The lowest BCUT2D eigenvalue weighted by Crippen LogP contribution is -2.36. The predicted octanol–water partition coefficient (Wildman–Crippen LogP) is 6.25. The van der Waals surface area contributed by atoms with Crippen molar-refractivity contribution >= 4 is 38.9 Å². The van der Waals surface area contributed by atoms with Gasteiger partial charge in [-0.05, 0) is 59.0 Å². The monoisotopic (exact) mass is 377 g/mol. The zero-order chi connectivity index (χ0) is 14.8.